The summed E-state index contributed by atoms with van der Waals surface area (Å²) >= 11 is 0. The van der Waals surface area contributed by atoms with Gasteiger partial charge < -0.3 is 9.15 Å². The number of rotatable bonds is 5. The molecule has 2 aromatic carbocycles. The lowest BCUT2D eigenvalue weighted by atomic mass is 9.93. The Hall–Kier alpha value is -4.27. The first-order chi connectivity index (χ1) is 15.8. The lowest BCUT2D eigenvalue weighted by Crippen LogP contribution is -2.22. The van der Waals surface area contributed by atoms with Crippen LogP contribution < -0.4 is 10.2 Å². The van der Waals surface area contributed by atoms with Crippen LogP contribution in [0.1, 0.15) is 56.2 Å². The van der Waals surface area contributed by atoms with Crippen LogP contribution in [-0.2, 0) is 6.42 Å². The zero-order chi connectivity index (χ0) is 23.5. The van der Waals surface area contributed by atoms with Crippen LogP contribution in [0, 0.1) is 24.0 Å². The summed E-state index contributed by atoms with van der Waals surface area (Å²) in [6.07, 6.45) is 1.94. The van der Waals surface area contributed by atoms with Gasteiger partial charge in [-0.15, -0.1) is 0 Å². The zero-order valence-corrected chi connectivity index (χ0v) is 18.1. The van der Waals surface area contributed by atoms with Gasteiger partial charge in [-0.1, -0.05) is 23.8 Å². The maximum atomic E-state index is 12.7. The molecular weight excluding hydrogens is 426 g/mol. The van der Waals surface area contributed by atoms with Crippen molar-refractivity contribution in [1.82, 2.24) is 5.43 Å². The number of nitrogens with zero attached hydrogens (tertiary/aromatic N) is 2. The van der Waals surface area contributed by atoms with Crippen LogP contribution in [0.3, 0.4) is 0 Å². The van der Waals surface area contributed by atoms with Crippen LogP contribution in [0.25, 0.3) is 0 Å². The minimum Gasteiger partial charge on any atom is -0.453 e. The highest BCUT2D eigenvalue weighted by Crippen LogP contribution is 2.30. The summed E-state index contributed by atoms with van der Waals surface area (Å²) in [5, 5.41) is 15.2. The van der Waals surface area contributed by atoms with Crippen molar-refractivity contribution in [1.29, 1.82) is 0 Å². The van der Waals surface area contributed by atoms with Crippen LogP contribution >= 0.6 is 0 Å². The van der Waals surface area contributed by atoms with E-state index < -0.39 is 16.8 Å². The molecule has 0 unspecified atom stereocenters. The molecule has 4 rings (SSSR count). The highest BCUT2D eigenvalue weighted by atomic mass is 16.6. The first-order valence-corrected chi connectivity index (χ1v) is 10.4. The molecule has 3 aromatic rings. The monoisotopic (exact) mass is 447 g/mol. The Labute approximate surface area is 189 Å². The minimum absolute atomic E-state index is 0.0974. The summed E-state index contributed by atoms with van der Waals surface area (Å²) in [5.74, 6) is -0.0557. The average Bonchev–Trinajstić information content (AvgIpc) is 3.16. The molecule has 0 bridgehead atoms. The van der Waals surface area contributed by atoms with Gasteiger partial charge in [-0.05, 0) is 44.9 Å². The van der Waals surface area contributed by atoms with Gasteiger partial charge in [-0.25, -0.2) is 10.2 Å². The number of carbonyl (C=O) groups excluding carboxylic acids is 2. The zero-order valence-electron chi connectivity index (χ0n) is 18.1. The third-order valence-corrected chi connectivity index (χ3v) is 5.35. The average molecular weight is 447 g/mol. The lowest BCUT2D eigenvalue weighted by molar-refractivity contribution is -0.384. The van der Waals surface area contributed by atoms with Gasteiger partial charge in [0.25, 0.3) is 11.6 Å². The van der Waals surface area contributed by atoms with Crippen molar-refractivity contribution in [3.8, 4) is 5.75 Å². The fourth-order valence-electron chi connectivity index (χ4n) is 3.68. The van der Waals surface area contributed by atoms with Crippen LogP contribution in [0.4, 0.5) is 5.69 Å². The molecule has 168 valence electrons. The van der Waals surface area contributed by atoms with E-state index >= 15 is 0 Å². The topological polar surface area (TPSA) is 124 Å². The second-order valence-corrected chi connectivity index (χ2v) is 7.72. The number of hydrogen-bond donors (Lipinski definition) is 1. The van der Waals surface area contributed by atoms with Crippen molar-refractivity contribution >= 4 is 23.3 Å². The quantitative estimate of drug-likeness (QED) is 0.266. The number of fused-ring (bicyclic) bond motifs is 1. The van der Waals surface area contributed by atoms with Crippen molar-refractivity contribution in [2.45, 2.75) is 33.1 Å². The van der Waals surface area contributed by atoms with Gasteiger partial charge in [0.2, 0.25) is 5.76 Å². The first-order valence-electron chi connectivity index (χ1n) is 10.4. The summed E-state index contributed by atoms with van der Waals surface area (Å²) < 4.78 is 11.3. The van der Waals surface area contributed by atoms with Crippen molar-refractivity contribution in [3.05, 3.63) is 92.4 Å². The molecule has 1 heterocycles. The predicted molar refractivity (Wildman–Crippen MR) is 120 cm³/mol. The summed E-state index contributed by atoms with van der Waals surface area (Å²) in [6.45, 7) is 3.69. The Bertz CT molecular complexity index is 1270. The molecule has 33 heavy (non-hydrogen) atoms. The minimum atomic E-state index is -0.606. The highest BCUT2D eigenvalue weighted by molar-refractivity contribution is 6.06. The Balaban J connectivity index is 1.55. The number of amides is 1. The number of ether oxygens (including phenoxy) is 1. The third kappa shape index (κ3) is 4.67. The molecule has 1 amide bonds. The normalized spacial score (nSPS) is 13.9. The van der Waals surface area contributed by atoms with Crippen molar-refractivity contribution < 1.29 is 23.7 Å². The molecular formula is C24H21N3O6. The predicted octanol–water partition coefficient (Wildman–Crippen LogP) is 4.49. The lowest BCUT2D eigenvalue weighted by Gasteiger charge is -2.13. The van der Waals surface area contributed by atoms with Gasteiger partial charge in [-0.2, -0.15) is 5.10 Å². The van der Waals surface area contributed by atoms with Gasteiger partial charge in [0.1, 0.15) is 11.5 Å². The molecule has 1 aliphatic rings. The van der Waals surface area contributed by atoms with E-state index in [2.05, 4.69) is 10.5 Å². The van der Waals surface area contributed by atoms with Crippen LogP contribution in [0.5, 0.6) is 5.75 Å². The summed E-state index contributed by atoms with van der Waals surface area (Å²) in [4.78, 5) is 35.5. The van der Waals surface area contributed by atoms with Gasteiger partial charge >= 0.3 is 5.97 Å². The number of benzene rings is 2. The third-order valence-electron chi connectivity index (χ3n) is 5.35. The van der Waals surface area contributed by atoms with E-state index in [1.54, 1.807) is 19.1 Å². The standard InChI is InChI=1S/C24H21N3O6/c1-14-9-11-18(12-10-14)32-24(29)22-15(2)21-19(7-4-8-20(21)33-22)25-26-23(28)16-5-3-6-17(13-16)27(30)31/h3,5-6,9-13H,4,7-8H2,1-2H3,(H,26,28)/b25-19+. The fourth-order valence-corrected chi connectivity index (χ4v) is 3.68. The van der Waals surface area contributed by atoms with E-state index in [-0.39, 0.29) is 17.0 Å². The fraction of sp³-hybridized carbons (Fsp3) is 0.208. The van der Waals surface area contributed by atoms with E-state index in [9.17, 15) is 19.7 Å². The van der Waals surface area contributed by atoms with E-state index in [0.717, 1.165) is 12.0 Å². The number of hydrogen-bond acceptors (Lipinski definition) is 7. The largest absolute Gasteiger partial charge is 0.453 e. The maximum Gasteiger partial charge on any atom is 0.379 e. The molecule has 0 saturated carbocycles. The number of nitrogens with one attached hydrogen (secondary N) is 1. The number of carbonyl (C=O) groups is 2. The number of esters is 1. The molecule has 9 nitrogen and oxygen atoms in total. The SMILES string of the molecule is Cc1ccc(OC(=O)c2oc3c(c2C)/C(=N/NC(=O)c2cccc([N+](=O)[O-])c2)CCC3)cc1. The second-order valence-electron chi connectivity index (χ2n) is 7.72. The molecule has 0 aliphatic heterocycles. The number of nitro groups is 1. The van der Waals surface area contributed by atoms with Gasteiger partial charge in [0, 0.05) is 35.2 Å². The molecule has 0 fully saturated rings. The first kappa shape index (κ1) is 21.9. The second kappa shape index (κ2) is 9.07. The van der Waals surface area contributed by atoms with Crippen LogP contribution in [0.2, 0.25) is 0 Å². The Kier molecular flexibility index (Phi) is 6.03. The number of nitro benzene ring substituents is 1. The van der Waals surface area contributed by atoms with Crippen LogP contribution in [-0.4, -0.2) is 22.5 Å². The Morgan fingerprint density at radius 3 is 2.61 bits per heavy atom. The molecule has 1 aromatic heterocycles. The molecule has 9 heteroatoms. The molecule has 0 spiro atoms. The molecule has 0 atom stereocenters. The summed E-state index contributed by atoms with van der Waals surface area (Å²) in [6, 6.07) is 12.5. The van der Waals surface area contributed by atoms with E-state index in [1.165, 1.54) is 24.3 Å². The van der Waals surface area contributed by atoms with Crippen LogP contribution in [0.15, 0.2) is 58.0 Å². The highest BCUT2D eigenvalue weighted by Gasteiger charge is 2.29. The molecule has 1 aliphatic carbocycles. The molecule has 0 radical (unpaired) electrons. The summed E-state index contributed by atoms with van der Waals surface area (Å²) in [5.41, 5.74) is 5.28. The van der Waals surface area contributed by atoms with Crippen molar-refractivity contribution in [2.75, 3.05) is 0 Å². The number of aryl methyl sites for hydroxylation is 2. The van der Waals surface area contributed by atoms with E-state index in [4.69, 9.17) is 9.15 Å². The van der Waals surface area contributed by atoms with Crippen molar-refractivity contribution in [2.24, 2.45) is 5.10 Å². The molecule has 1 N–H and O–H groups in total. The summed E-state index contributed by atoms with van der Waals surface area (Å²) in [7, 11) is 0. The van der Waals surface area contributed by atoms with Gasteiger partial charge in [0.15, 0.2) is 0 Å². The van der Waals surface area contributed by atoms with Gasteiger partial charge in [-0.3, -0.25) is 14.9 Å². The van der Waals surface area contributed by atoms with Gasteiger partial charge in [0.05, 0.1) is 10.6 Å². The van der Waals surface area contributed by atoms with Crippen molar-refractivity contribution in [3.63, 3.8) is 0 Å². The number of hydrazone groups is 1. The Morgan fingerprint density at radius 2 is 1.88 bits per heavy atom. The van der Waals surface area contributed by atoms with E-state index in [0.29, 0.717) is 41.2 Å². The number of furan rings is 1. The maximum absolute atomic E-state index is 12.7. The van der Waals surface area contributed by atoms with E-state index in [1.807, 2.05) is 19.1 Å². The number of non-ortho nitro benzene ring substituents is 1. The molecule has 0 saturated heterocycles. The Morgan fingerprint density at radius 1 is 1.12 bits per heavy atom. The smallest absolute Gasteiger partial charge is 0.379 e.